The van der Waals surface area contributed by atoms with Gasteiger partial charge in [-0.15, -0.1) is 12.6 Å². The Morgan fingerprint density at radius 3 is 2.65 bits per heavy atom. The predicted octanol–water partition coefficient (Wildman–Crippen LogP) is 4.76. The van der Waals surface area contributed by atoms with Crippen molar-refractivity contribution in [3.63, 3.8) is 0 Å². The normalized spacial score (nSPS) is 18.8. The highest BCUT2D eigenvalue weighted by molar-refractivity contribution is 7.80. The maximum Gasteiger partial charge on any atom is 0.0457 e. The van der Waals surface area contributed by atoms with Gasteiger partial charge in [0.1, 0.15) is 0 Å². The van der Waals surface area contributed by atoms with Gasteiger partial charge in [-0.1, -0.05) is 18.2 Å². The fourth-order valence-corrected chi connectivity index (χ4v) is 3.82. The summed E-state index contributed by atoms with van der Waals surface area (Å²) in [5.41, 5.74) is 5.18. The molecule has 0 radical (unpaired) electrons. The van der Waals surface area contributed by atoms with E-state index in [1.165, 1.54) is 47.0 Å². The number of hydrogen-bond donors (Lipinski definition) is 2. The maximum absolute atomic E-state index is 4.37. The Kier molecular flexibility index (Phi) is 3.92. The average molecular weight is 322 g/mol. The number of likely N-dealkylation sites (tertiary alicyclic amines) is 1. The number of H-pyrrole nitrogens is 1. The number of nitrogens with one attached hydrogen (secondary N) is 1. The van der Waals surface area contributed by atoms with Crippen LogP contribution in [-0.2, 0) is 6.42 Å². The Labute approximate surface area is 142 Å². The molecule has 4 rings (SSSR count). The van der Waals surface area contributed by atoms with Gasteiger partial charge in [-0.2, -0.15) is 0 Å². The summed E-state index contributed by atoms with van der Waals surface area (Å²) in [7, 11) is 2.25. The van der Waals surface area contributed by atoms with Crippen LogP contribution in [0.2, 0.25) is 0 Å². The summed E-state index contributed by atoms with van der Waals surface area (Å²) in [6.07, 6.45) is 5.96. The molecule has 0 bridgehead atoms. The summed E-state index contributed by atoms with van der Waals surface area (Å²) in [4.78, 5) is 6.93. The van der Waals surface area contributed by atoms with Crippen LogP contribution in [0.5, 0.6) is 0 Å². The Hall–Kier alpha value is -1.71. The number of aromatic amines is 1. The van der Waals surface area contributed by atoms with E-state index in [4.69, 9.17) is 0 Å². The molecule has 1 fully saturated rings. The van der Waals surface area contributed by atoms with Crippen LogP contribution in [0.4, 0.5) is 0 Å². The van der Waals surface area contributed by atoms with Gasteiger partial charge >= 0.3 is 0 Å². The molecule has 2 nitrogen and oxygen atoms in total. The van der Waals surface area contributed by atoms with Crippen LogP contribution in [-0.4, -0.2) is 29.5 Å². The van der Waals surface area contributed by atoms with Crippen molar-refractivity contribution < 1.29 is 0 Å². The zero-order valence-corrected chi connectivity index (χ0v) is 14.3. The minimum Gasteiger partial charge on any atom is -0.361 e. The Bertz CT molecular complexity index is 819. The van der Waals surface area contributed by atoms with Crippen molar-refractivity contribution >= 4 is 23.5 Å². The van der Waals surface area contributed by atoms with Gasteiger partial charge < -0.3 is 9.88 Å². The van der Waals surface area contributed by atoms with E-state index in [0.717, 1.165) is 11.3 Å². The molecule has 2 heterocycles. The third kappa shape index (κ3) is 2.91. The van der Waals surface area contributed by atoms with Crippen LogP contribution in [0, 0.1) is 0 Å². The van der Waals surface area contributed by atoms with Crippen LogP contribution < -0.4 is 0 Å². The van der Waals surface area contributed by atoms with E-state index in [1.807, 2.05) is 12.1 Å². The lowest BCUT2D eigenvalue weighted by Gasteiger charge is -2.18. The second-order valence-electron chi connectivity index (χ2n) is 6.60. The fourth-order valence-electron chi connectivity index (χ4n) is 3.67. The summed E-state index contributed by atoms with van der Waals surface area (Å²) in [5.74, 6) is 0. The van der Waals surface area contributed by atoms with Crippen molar-refractivity contribution in [3.8, 4) is 11.1 Å². The van der Waals surface area contributed by atoms with E-state index in [2.05, 4.69) is 66.1 Å². The first kappa shape index (κ1) is 14.9. The summed E-state index contributed by atoms with van der Waals surface area (Å²) in [6.45, 7) is 1.23. The second kappa shape index (κ2) is 6.06. The SMILES string of the molecule is CN1CCC[C@@H]1Cc1c[nH]c2ccc(-c3ccc(S)cc3)cc12. The summed E-state index contributed by atoms with van der Waals surface area (Å²) in [5, 5.41) is 1.36. The maximum atomic E-state index is 4.37. The molecule has 3 heteroatoms. The highest BCUT2D eigenvalue weighted by atomic mass is 32.1. The smallest absolute Gasteiger partial charge is 0.0457 e. The van der Waals surface area contributed by atoms with Gasteiger partial charge in [-0.3, -0.25) is 0 Å². The number of fused-ring (bicyclic) bond motifs is 1. The van der Waals surface area contributed by atoms with E-state index in [-0.39, 0.29) is 0 Å². The van der Waals surface area contributed by atoms with Crippen molar-refractivity contribution in [1.82, 2.24) is 9.88 Å². The Morgan fingerprint density at radius 1 is 1.13 bits per heavy atom. The van der Waals surface area contributed by atoms with E-state index in [0.29, 0.717) is 6.04 Å². The number of benzene rings is 2. The number of hydrogen-bond acceptors (Lipinski definition) is 2. The first-order valence-electron chi connectivity index (χ1n) is 8.30. The number of aromatic nitrogens is 1. The lowest BCUT2D eigenvalue weighted by molar-refractivity contribution is 0.310. The molecule has 1 saturated heterocycles. The molecule has 118 valence electrons. The van der Waals surface area contributed by atoms with E-state index in [9.17, 15) is 0 Å². The van der Waals surface area contributed by atoms with Gasteiger partial charge in [0, 0.05) is 28.0 Å². The second-order valence-corrected chi connectivity index (χ2v) is 7.12. The lowest BCUT2D eigenvalue weighted by Crippen LogP contribution is -2.26. The van der Waals surface area contributed by atoms with Gasteiger partial charge in [0.2, 0.25) is 0 Å². The van der Waals surface area contributed by atoms with Gasteiger partial charge in [0.25, 0.3) is 0 Å². The number of rotatable bonds is 3. The first-order chi connectivity index (χ1) is 11.2. The molecule has 1 atom stereocenters. The van der Waals surface area contributed by atoms with Crippen LogP contribution in [0.3, 0.4) is 0 Å². The van der Waals surface area contributed by atoms with Crippen LogP contribution >= 0.6 is 12.6 Å². The molecule has 1 aliphatic heterocycles. The third-order valence-corrected chi connectivity index (χ3v) is 5.39. The number of nitrogens with zero attached hydrogens (tertiary/aromatic N) is 1. The number of likely N-dealkylation sites (N-methyl/N-ethyl adjacent to an activating group) is 1. The molecule has 0 unspecified atom stereocenters. The predicted molar refractivity (Wildman–Crippen MR) is 100 cm³/mol. The van der Waals surface area contributed by atoms with Crippen LogP contribution in [0.1, 0.15) is 18.4 Å². The summed E-state index contributed by atoms with van der Waals surface area (Å²) >= 11 is 4.37. The molecule has 0 saturated carbocycles. The molecular formula is C20H22N2S. The van der Waals surface area contributed by atoms with Crippen molar-refractivity contribution in [3.05, 3.63) is 54.2 Å². The van der Waals surface area contributed by atoms with E-state index >= 15 is 0 Å². The quantitative estimate of drug-likeness (QED) is 0.666. The van der Waals surface area contributed by atoms with Crippen molar-refractivity contribution in [2.24, 2.45) is 0 Å². The lowest BCUT2D eigenvalue weighted by atomic mass is 9.99. The molecule has 23 heavy (non-hydrogen) atoms. The monoisotopic (exact) mass is 322 g/mol. The molecule has 0 aliphatic carbocycles. The van der Waals surface area contributed by atoms with Gasteiger partial charge in [0.15, 0.2) is 0 Å². The van der Waals surface area contributed by atoms with Crippen molar-refractivity contribution in [1.29, 1.82) is 0 Å². The molecule has 1 N–H and O–H groups in total. The van der Waals surface area contributed by atoms with E-state index in [1.54, 1.807) is 0 Å². The van der Waals surface area contributed by atoms with Gasteiger partial charge in [0.05, 0.1) is 0 Å². The van der Waals surface area contributed by atoms with Crippen LogP contribution in [0.15, 0.2) is 53.6 Å². The minimum absolute atomic E-state index is 0.682. The largest absolute Gasteiger partial charge is 0.361 e. The highest BCUT2D eigenvalue weighted by Crippen LogP contribution is 2.29. The summed E-state index contributed by atoms with van der Waals surface area (Å²) in [6, 6.07) is 15.8. The highest BCUT2D eigenvalue weighted by Gasteiger charge is 2.22. The Morgan fingerprint density at radius 2 is 1.91 bits per heavy atom. The minimum atomic E-state index is 0.682. The van der Waals surface area contributed by atoms with Crippen molar-refractivity contribution in [2.75, 3.05) is 13.6 Å². The zero-order valence-electron chi connectivity index (χ0n) is 13.4. The first-order valence-corrected chi connectivity index (χ1v) is 8.75. The van der Waals surface area contributed by atoms with Crippen LogP contribution in [0.25, 0.3) is 22.0 Å². The zero-order chi connectivity index (χ0) is 15.8. The van der Waals surface area contributed by atoms with Gasteiger partial charge in [-0.05, 0) is 73.8 Å². The third-order valence-electron chi connectivity index (χ3n) is 5.10. The Balaban J connectivity index is 1.69. The van der Waals surface area contributed by atoms with E-state index < -0.39 is 0 Å². The fraction of sp³-hybridized carbons (Fsp3) is 0.300. The molecule has 0 amide bonds. The average Bonchev–Trinajstić information content (AvgIpc) is 3.15. The summed E-state index contributed by atoms with van der Waals surface area (Å²) < 4.78 is 0. The molecule has 2 aromatic carbocycles. The van der Waals surface area contributed by atoms with Gasteiger partial charge in [-0.25, -0.2) is 0 Å². The number of thiol groups is 1. The van der Waals surface area contributed by atoms with Crippen molar-refractivity contribution in [2.45, 2.75) is 30.2 Å². The topological polar surface area (TPSA) is 19.0 Å². The molecule has 1 aliphatic rings. The molecule has 3 aromatic rings. The molecule has 1 aromatic heterocycles. The molecule has 0 spiro atoms. The molecular weight excluding hydrogens is 300 g/mol. The standard InChI is InChI=1S/C20H22N2S/c1-22-10-2-3-17(22)11-16-13-21-20-9-6-15(12-19(16)20)14-4-7-18(23)8-5-14/h4-9,12-13,17,21,23H,2-3,10-11H2,1H3/t17-/m1/s1.